The van der Waals surface area contributed by atoms with Crippen LogP contribution >= 0.6 is 29.6 Å². The zero-order chi connectivity index (χ0) is 95.1. The van der Waals surface area contributed by atoms with Gasteiger partial charge < -0.3 is 44.7 Å². The minimum absolute atomic E-state index is 0. The van der Waals surface area contributed by atoms with Gasteiger partial charge in [0.05, 0.1) is 59.7 Å². The molecule has 1 fully saturated rings. The number of para-hydroxylation sites is 1. The van der Waals surface area contributed by atoms with Gasteiger partial charge in [-0.05, 0) is 227 Å². The summed E-state index contributed by atoms with van der Waals surface area (Å²) in [5, 5.41) is 31.9. The number of anilines is 1. The number of aromatic nitrogens is 4. The van der Waals surface area contributed by atoms with E-state index >= 15 is 0 Å². The Balaban J connectivity index is 0.000000210. The number of rotatable bonds is 11. The summed E-state index contributed by atoms with van der Waals surface area (Å²) in [6, 6.07) is 52.4. The minimum atomic E-state index is -3.95. The van der Waals surface area contributed by atoms with Crippen molar-refractivity contribution < 1.29 is 138 Å². The normalized spacial score (nSPS) is 14.6. The van der Waals surface area contributed by atoms with Gasteiger partial charge in [0, 0.05) is 98.7 Å². The molecule has 3 N–H and O–H groups in total. The summed E-state index contributed by atoms with van der Waals surface area (Å²) < 4.78 is 54.5. The Bertz CT molecular complexity index is 6060. The van der Waals surface area contributed by atoms with E-state index in [1.54, 1.807) is 137 Å². The number of piperidine rings is 1. The number of sulfonamides is 1. The van der Waals surface area contributed by atoms with Crippen LogP contribution in [0.15, 0.2) is 217 Å². The summed E-state index contributed by atoms with van der Waals surface area (Å²) in [7, 11) is -3.95. The Morgan fingerprint density at radius 1 is 0.623 bits per heavy atom. The van der Waals surface area contributed by atoms with Crippen molar-refractivity contribution in [2.45, 2.75) is 207 Å². The molecule has 29 heteroatoms. The molecule has 2 atom stereocenters. The molecule has 5 aliphatic rings. The van der Waals surface area contributed by atoms with Gasteiger partial charge in [-0.1, -0.05) is 158 Å². The SMILES string of the molecule is Brc1cccc2ccncc12.CC(C)(C)OC(=O)C1=C(N)c2nccc3cccc1c23.CC(C)(C)OC(=O)Cc1cccc2ccncc12.CC(C)(C)[O-].CCOC(=O)CC1C(=O)N(C2CCNCC2)c2ccccc21.Cc1ccc(S(=O)(=O)N2C=Cc3cccc(CC(=O)OC(C)(C)C)c3C2C#N)cc1.O=C1Cc2cccc3ccnc1c23.[CH2-]C(=O)OC(C)(C)C.[K+].[Zn+][Br]. The van der Waals surface area contributed by atoms with Gasteiger partial charge in [0.2, 0.25) is 5.91 Å². The first-order chi connectivity index (χ1) is 60.7. The Kier molecular flexibility index (Phi) is 39.6. The number of amides is 1. The quantitative estimate of drug-likeness (QED) is 0.0526. The fraction of sp³-hybridized carbons (Fsp3) is 0.337. The van der Waals surface area contributed by atoms with E-state index in [4.69, 9.17) is 24.7 Å². The second-order valence-electron chi connectivity index (χ2n) is 35.4. The fourth-order valence-electron chi connectivity index (χ4n) is 14.4. The molecule has 130 heavy (non-hydrogen) atoms. The van der Waals surface area contributed by atoms with E-state index in [0.29, 0.717) is 52.4 Å². The third kappa shape index (κ3) is 30.9. The number of hydrogen-bond donors (Lipinski definition) is 2. The van der Waals surface area contributed by atoms with Gasteiger partial charge >= 0.3 is 105 Å². The van der Waals surface area contributed by atoms with Crippen molar-refractivity contribution in [3.63, 3.8) is 0 Å². The van der Waals surface area contributed by atoms with Crippen molar-refractivity contribution in [1.29, 1.82) is 5.26 Å². The third-order valence-corrected chi connectivity index (χ3v) is 21.8. The van der Waals surface area contributed by atoms with Crippen molar-refractivity contribution in [3.8, 4) is 6.07 Å². The van der Waals surface area contributed by atoms with Crippen LogP contribution in [0.1, 0.15) is 203 Å². The van der Waals surface area contributed by atoms with E-state index < -0.39 is 67.9 Å². The molecule has 16 rings (SSSR count). The van der Waals surface area contributed by atoms with Gasteiger partial charge in [0.15, 0.2) is 17.8 Å². The molecule has 0 spiro atoms. The molecule has 4 aromatic heterocycles. The Morgan fingerprint density at radius 3 is 1.69 bits per heavy atom. The molecular weight excluding hydrogens is 1880 g/mol. The summed E-state index contributed by atoms with van der Waals surface area (Å²) in [5.74, 6) is -2.03. The van der Waals surface area contributed by atoms with Gasteiger partial charge in [0.25, 0.3) is 10.0 Å². The number of Topliss-reactive ketones (excluding diaryl/α,β-unsaturated/α-hetero) is 1. The van der Waals surface area contributed by atoms with E-state index in [-0.39, 0.29) is 105 Å². The van der Waals surface area contributed by atoms with E-state index in [2.05, 4.69) is 78.6 Å². The number of fused-ring (bicyclic) bond motifs is 4. The summed E-state index contributed by atoms with van der Waals surface area (Å²) in [4.78, 5) is 102. The van der Waals surface area contributed by atoms with Crippen molar-refractivity contribution in [1.82, 2.24) is 29.6 Å². The average molecular weight is 1990 g/mol. The van der Waals surface area contributed by atoms with Crippen LogP contribution in [0.3, 0.4) is 0 Å². The van der Waals surface area contributed by atoms with E-state index in [1.165, 1.54) is 40.1 Å². The topological polar surface area (TPSA) is 343 Å². The standard InChI is InChI=1S/C23H24N2O4S.C17H22N2O3.C16H16N2O2.C15H17NO2.C11H7NO.C9H6BrN.C6H11O2.C4H9O.BrH.K.Zn/c1-16-8-10-19(11-9-16)30(27,28)25-13-12-17-6-5-7-18(22(17)20(25)15-24)14-21(26)29-23(2,3)4;1-2-22-16(20)11-14-13-5-3-4-6-15(13)19(17(14)21)12-7-9-18-10-8-12;1-16(2,3)20-15(19)12-10-6-4-5-9-7-8-18-14(11(9)10)13(12)17;1-15(2,3)18-14(17)9-12-6-4-5-11-7-8-16-10-13(11)12;13-9-6-8-3-1-2-7-4-5-12-11(9)10(7)8;10-9-3-1-2-7-4-5-11-6-8(7)9;1-5(7)8-6(2,3)4;1-4(2,3)5;;;/h5-13,20H,14H2,1-4H3;3-6,12,14,18H,2,7-11H2,1H3;4-8H,17H2,1-3H3;4-8,10H,9H2,1-3H3;1-5H,6H2;1-6H;1H2,2-4H3;1-3H3;1H;;/q;;;;;;2*-1;;+1;+2/p-1. The molecule has 1 saturated heterocycles. The van der Waals surface area contributed by atoms with Crippen LogP contribution in [0.2, 0.25) is 0 Å². The number of ether oxygens (including phenoxy) is 5. The van der Waals surface area contributed by atoms with Gasteiger partial charge in [-0.2, -0.15) is 5.26 Å². The summed E-state index contributed by atoms with van der Waals surface area (Å²) in [6.45, 7) is 35.7. The number of nitriles is 1. The second-order valence-corrected chi connectivity index (χ2v) is 38.1. The first-order valence-corrected chi connectivity index (χ1v) is 51.3. The first-order valence-electron chi connectivity index (χ1n) is 42.1. The van der Waals surface area contributed by atoms with E-state index in [1.807, 2.05) is 175 Å². The molecule has 7 aromatic carbocycles. The number of halogens is 2. The van der Waals surface area contributed by atoms with Crippen LogP contribution in [-0.2, 0) is 98.1 Å². The number of benzene rings is 7. The van der Waals surface area contributed by atoms with Crippen molar-refractivity contribution >= 4 is 147 Å². The average Bonchev–Trinajstić information content (AvgIpc) is 1.44. The number of nitrogens with zero attached hydrogens (tertiary/aromatic N) is 7. The van der Waals surface area contributed by atoms with Gasteiger partial charge in [-0.3, -0.25) is 59.9 Å². The number of hydrogen-bond acceptors (Lipinski definition) is 22. The zero-order valence-corrected chi connectivity index (χ0v) is 87.3. The monoisotopic (exact) mass is 1980 g/mol. The number of carbonyl (C=O) groups excluding carboxylic acids is 7. The number of carbonyl (C=O) groups is 7. The van der Waals surface area contributed by atoms with Gasteiger partial charge in [-0.25, -0.2) is 13.2 Å². The van der Waals surface area contributed by atoms with Crippen LogP contribution in [-0.4, -0.2) is 128 Å². The van der Waals surface area contributed by atoms with Crippen LogP contribution in [0.5, 0.6) is 0 Å². The maximum atomic E-state index is 13.2. The third-order valence-electron chi connectivity index (χ3n) is 19.3. The van der Waals surface area contributed by atoms with Gasteiger partial charge in [0.1, 0.15) is 28.1 Å². The maximum absolute atomic E-state index is 13.2. The molecule has 3 aliphatic heterocycles. The number of nitrogens with one attached hydrogen (secondary N) is 1. The summed E-state index contributed by atoms with van der Waals surface area (Å²) in [5.41, 5.74) is 13.0. The predicted octanol–water partition coefficient (Wildman–Crippen LogP) is 15.9. The molecule has 0 radical (unpaired) electrons. The van der Waals surface area contributed by atoms with Crippen LogP contribution < -0.4 is 72.4 Å². The summed E-state index contributed by atoms with van der Waals surface area (Å²) >= 11 is 7.71. The van der Waals surface area contributed by atoms with Crippen LogP contribution in [0, 0.1) is 25.2 Å². The molecule has 7 heterocycles. The molecule has 0 bridgehead atoms. The molecule has 674 valence electrons. The summed E-state index contributed by atoms with van der Waals surface area (Å²) in [6.07, 6.45) is 16.4. The number of ketones is 1. The Morgan fingerprint density at radius 2 is 1.13 bits per heavy atom. The second kappa shape index (κ2) is 48.0. The van der Waals surface area contributed by atoms with Crippen molar-refractivity contribution in [3.05, 3.63) is 274 Å². The van der Waals surface area contributed by atoms with Gasteiger partial charge in [-0.15, -0.1) is 5.60 Å². The first kappa shape index (κ1) is 107. The molecule has 1 amide bonds. The fourth-order valence-corrected chi connectivity index (χ4v) is 16.3. The van der Waals surface area contributed by atoms with Crippen molar-refractivity contribution in [2.24, 2.45) is 5.73 Å². The van der Waals surface area contributed by atoms with Crippen LogP contribution in [0.4, 0.5) is 5.69 Å². The number of nitrogens with two attached hydrogens (primary N) is 1. The molecule has 0 saturated carbocycles. The van der Waals surface area contributed by atoms with E-state index in [9.17, 15) is 52.3 Å². The molecule has 24 nitrogen and oxygen atoms in total. The zero-order valence-electron chi connectivity index (χ0n) is 77.2. The number of aryl methyl sites for hydroxylation is 1. The van der Waals surface area contributed by atoms with Crippen molar-refractivity contribution in [2.75, 3.05) is 24.6 Å². The molecule has 2 aliphatic carbocycles. The molecule has 2 unspecified atom stereocenters. The predicted molar refractivity (Wildman–Crippen MR) is 506 cm³/mol. The Labute approximate surface area is 830 Å². The number of pyridine rings is 4. The molecule has 11 aromatic rings. The van der Waals surface area contributed by atoms with E-state index in [0.717, 1.165) is 106 Å². The number of esters is 5. The molecular formula is C101H112Br2KN9O15SZn. The van der Waals surface area contributed by atoms with Crippen LogP contribution in [0.25, 0.3) is 60.4 Å². The Hall–Kier alpha value is -9.80.